The van der Waals surface area contributed by atoms with Crippen molar-refractivity contribution in [2.24, 2.45) is 5.10 Å². The van der Waals surface area contributed by atoms with E-state index in [1.807, 2.05) is 50.2 Å². The molecule has 1 aromatic carbocycles. The van der Waals surface area contributed by atoms with E-state index < -0.39 is 0 Å². The van der Waals surface area contributed by atoms with Gasteiger partial charge in [-0.15, -0.1) is 22.7 Å². The number of carbonyl (C=O) groups is 1. The number of thiophene rings is 2. The number of rotatable bonds is 6. The lowest BCUT2D eigenvalue weighted by molar-refractivity contribution is -0.118. The van der Waals surface area contributed by atoms with E-state index in [0.29, 0.717) is 5.16 Å². The van der Waals surface area contributed by atoms with Gasteiger partial charge in [-0.2, -0.15) is 5.10 Å². The second-order valence-corrected chi connectivity index (χ2v) is 11.6. The highest BCUT2D eigenvalue weighted by Crippen LogP contribution is 2.35. The summed E-state index contributed by atoms with van der Waals surface area (Å²) in [4.78, 5) is 35.3. The zero-order chi connectivity index (χ0) is 23.7. The molecule has 0 bridgehead atoms. The third kappa shape index (κ3) is 4.73. The maximum Gasteiger partial charge on any atom is 0.267 e. The Bertz CT molecular complexity index is 1450. The molecule has 0 unspecified atom stereocenters. The van der Waals surface area contributed by atoms with E-state index in [9.17, 15) is 9.59 Å². The van der Waals surface area contributed by atoms with Gasteiger partial charge in [0.05, 0.1) is 23.0 Å². The van der Waals surface area contributed by atoms with Crippen molar-refractivity contribution in [1.82, 2.24) is 15.0 Å². The van der Waals surface area contributed by atoms with Crippen LogP contribution in [0.1, 0.15) is 38.6 Å². The Morgan fingerprint density at radius 3 is 2.71 bits per heavy atom. The van der Waals surface area contributed by atoms with Crippen LogP contribution in [-0.2, 0) is 17.6 Å². The molecule has 0 saturated heterocycles. The second kappa shape index (κ2) is 9.85. The summed E-state index contributed by atoms with van der Waals surface area (Å²) in [5, 5.41) is 5.32. The number of hydrogen-bond donors (Lipinski definition) is 1. The zero-order valence-corrected chi connectivity index (χ0v) is 21.4. The zero-order valence-electron chi connectivity index (χ0n) is 19.0. The Morgan fingerprint density at radius 2 is 1.94 bits per heavy atom. The number of nitrogens with one attached hydrogen (secondary N) is 1. The van der Waals surface area contributed by atoms with Crippen LogP contribution in [0.25, 0.3) is 15.9 Å². The molecule has 0 fully saturated rings. The number of fused-ring (bicyclic) bond motifs is 3. The van der Waals surface area contributed by atoms with Crippen LogP contribution in [0.4, 0.5) is 0 Å². The highest BCUT2D eigenvalue weighted by atomic mass is 32.2. The Labute approximate surface area is 209 Å². The van der Waals surface area contributed by atoms with Crippen LogP contribution >= 0.6 is 34.4 Å². The van der Waals surface area contributed by atoms with Crippen LogP contribution in [0.15, 0.2) is 51.5 Å². The smallest absolute Gasteiger partial charge is 0.267 e. The van der Waals surface area contributed by atoms with E-state index in [0.717, 1.165) is 57.6 Å². The van der Waals surface area contributed by atoms with E-state index in [4.69, 9.17) is 4.98 Å². The standard InChI is InChI=1S/C25H24N4O2S3/c1-15-7-10-17(11-8-15)29-24(31)22-19-5-3-4-6-20(19)34-23(22)27-25(29)32-14-21(30)28-26-13-18-12-9-16(2)33-18/h7-13H,3-6,14H2,1-2H3,(H,28,30). The van der Waals surface area contributed by atoms with Gasteiger partial charge in [0.2, 0.25) is 0 Å². The fourth-order valence-corrected chi connectivity index (χ4v) is 6.91. The monoisotopic (exact) mass is 508 g/mol. The molecule has 0 saturated carbocycles. The Balaban J connectivity index is 1.45. The summed E-state index contributed by atoms with van der Waals surface area (Å²) >= 11 is 4.49. The molecule has 1 aliphatic carbocycles. The molecule has 1 aliphatic rings. The molecule has 0 aliphatic heterocycles. The van der Waals surface area contributed by atoms with Crippen molar-refractivity contribution >= 4 is 56.8 Å². The molecule has 3 aromatic heterocycles. The third-order valence-corrected chi connectivity index (χ3v) is 8.78. The molecule has 3 heterocycles. The summed E-state index contributed by atoms with van der Waals surface area (Å²) in [6.45, 7) is 4.04. The third-order valence-electron chi connectivity index (χ3n) is 5.72. The molecule has 6 nitrogen and oxygen atoms in total. The van der Waals surface area contributed by atoms with Crippen molar-refractivity contribution in [3.8, 4) is 5.69 Å². The normalized spacial score (nSPS) is 13.5. The highest BCUT2D eigenvalue weighted by molar-refractivity contribution is 7.99. The molecule has 1 amide bonds. The van der Waals surface area contributed by atoms with E-state index in [1.54, 1.807) is 33.5 Å². The van der Waals surface area contributed by atoms with Crippen molar-refractivity contribution in [3.63, 3.8) is 0 Å². The van der Waals surface area contributed by atoms with Crippen LogP contribution in [0.2, 0.25) is 0 Å². The molecule has 9 heteroatoms. The summed E-state index contributed by atoms with van der Waals surface area (Å²) in [5.41, 5.74) is 5.56. The summed E-state index contributed by atoms with van der Waals surface area (Å²) in [5.74, 6) is -0.139. The van der Waals surface area contributed by atoms with Gasteiger partial charge in [0.15, 0.2) is 5.16 Å². The van der Waals surface area contributed by atoms with Crippen LogP contribution in [-0.4, -0.2) is 27.4 Å². The average Bonchev–Trinajstić information content (AvgIpc) is 3.41. The first-order chi connectivity index (χ1) is 16.5. The van der Waals surface area contributed by atoms with E-state index in [2.05, 4.69) is 10.5 Å². The molecule has 0 spiro atoms. The first-order valence-electron chi connectivity index (χ1n) is 11.1. The van der Waals surface area contributed by atoms with Crippen LogP contribution in [0, 0.1) is 13.8 Å². The fourth-order valence-electron chi connectivity index (χ4n) is 4.06. The molecule has 4 aromatic rings. The van der Waals surface area contributed by atoms with Gasteiger partial charge in [-0.3, -0.25) is 14.2 Å². The van der Waals surface area contributed by atoms with Crippen LogP contribution < -0.4 is 11.0 Å². The summed E-state index contributed by atoms with van der Waals surface area (Å²) in [6, 6.07) is 11.8. The largest absolute Gasteiger partial charge is 0.272 e. The number of amides is 1. The quantitative estimate of drug-likeness (QED) is 0.167. The van der Waals surface area contributed by atoms with Crippen LogP contribution in [0.5, 0.6) is 0 Å². The van der Waals surface area contributed by atoms with Gasteiger partial charge in [0.1, 0.15) is 4.83 Å². The van der Waals surface area contributed by atoms with E-state index >= 15 is 0 Å². The van der Waals surface area contributed by atoms with Gasteiger partial charge in [-0.25, -0.2) is 10.4 Å². The van der Waals surface area contributed by atoms with Crippen molar-refractivity contribution in [2.75, 3.05) is 5.75 Å². The number of thioether (sulfide) groups is 1. The summed E-state index contributed by atoms with van der Waals surface area (Å²) in [6.07, 6.45) is 5.83. The molecule has 0 radical (unpaired) electrons. The van der Waals surface area contributed by atoms with E-state index in [1.165, 1.54) is 21.5 Å². The SMILES string of the molecule is Cc1ccc(-n2c(SCC(=O)NN=Cc3ccc(C)s3)nc3sc4c(c3c2=O)CCCC4)cc1. The van der Waals surface area contributed by atoms with Gasteiger partial charge in [-0.1, -0.05) is 29.5 Å². The average molecular weight is 509 g/mol. The second-order valence-electron chi connectivity index (χ2n) is 8.29. The van der Waals surface area contributed by atoms with E-state index in [-0.39, 0.29) is 17.2 Å². The molecule has 34 heavy (non-hydrogen) atoms. The minimum Gasteiger partial charge on any atom is -0.272 e. The minimum atomic E-state index is -0.246. The number of aromatic nitrogens is 2. The molecular formula is C25H24N4O2S3. The molecular weight excluding hydrogens is 485 g/mol. The Morgan fingerprint density at radius 1 is 1.15 bits per heavy atom. The maximum absolute atomic E-state index is 13.7. The highest BCUT2D eigenvalue weighted by Gasteiger charge is 2.23. The van der Waals surface area contributed by atoms with Crippen molar-refractivity contribution in [2.45, 2.75) is 44.7 Å². The number of carbonyl (C=O) groups excluding carboxylic acids is 1. The molecule has 174 valence electrons. The molecule has 5 rings (SSSR count). The predicted molar refractivity (Wildman–Crippen MR) is 142 cm³/mol. The van der Waals surface area contributed by atoms with Crippen molar-refractivity contribution in [1.29, 1.82) is 0 Å². The van der Waals surface area contributed by atoms with Crippen molar-refractivity contribution in [3.05, 3.63) is 72.5 Å². The lowest BCUT2D eigenvalue weighted by Gasteiger charge is -2.13. The lowest BCUT2D eigenvalue weighted by atomic mass is 9.97. The summed E-state index contributed by atoms with van der Waals surface area (Å²) in [7, 11) is 0. The molecule has 1 N–H and O–H groups in total. The van der Waals surface area contributed by atoms with Gasteiger partial charge in [0.25, 0.3) is 11.5 Å². The number of aryl methyl sites for hydroxylation is 4. The number of benzene rings is 1. The first-order valence-corrected chi connectivity index (χ1v) is 13.8. The number of hydrogen-bond acceptors (Lipinski definition) is 7. The van der Waals surface area contributed by atoms with Gasteiger partial charge < -0.3 is 0 Å². The first kappa shape index (κ1) is 23.0. The maximum atomic E-state index is 13.7. The van der Waals surface area contributed by atoms with Gasteiger partial charge in [0, 0.05) is 14.6 Å². The molecule has 0 atom stereocenters. The number of hydrazone groups is 1. The van der Waals surface area contributed by atoms with Crippen molar-refractivity contribution < 1.29 is 4.79 Å². The van der Waals surface area contributed by atoms with Gasteiger partial charge in [-0.05, 0) is 69.4 Å². The van der Waals surface area contributed by atoms with Crippen LogP contribution in [0.3, 0.4) is 0 Å². The lowest BCUT2D eigenvalue weighted by Crippen LogP contribution is -2.24. The summed E-state index contributed by atoms with van der Waals surface area (Å²) < 4.78 is 1.65. The van der Waals surface area contributed by atoms with Gasteiger partial charge >= 0.3 is 0 Å². The Hall–Kier alpha value is -2.75. The predicted octanol–water partition coefficient (Wildman–Crippen LogP) is 5.25. The fraction of sp³-hybridized carbons (Fsp3) is 0.280. The minimum absolute atomic E-state index is 0.0535. The topological polar surface area (TPSA) is 76.3 Å². The Kier molecular flexibility index (Phi) is 6.67. The number of nitrogens with zero attached hydrogens (tertiary/aromatic N) is 3.